The van der Waals surface area contributed by atoms with E-state index in [-0.39, 0.29) is 0 Å². The van der Waals surface area contributed by atoms with E-state index in [4.69, 9.17) is 5.11 Å². The minimum atomic E-state index is -0.649. The monoisotopic (exact) mass is 198 g/mol. The first-order valence-electron chi connectivity index (χ1n) is 5.72. The van der Waals surface area contributed by atoms with Crippen LogP contribution >= 0.6 is 0 Å². The zero-order chi connectivity index (χ0) is 10.7. The highest BCUT2D eigenvalue weighted by Gasteiger charge is 2.28. The van der Waals surface area contributed by atoms with Gasteiger partial charge < -0.3 is 5.11 Å². The van der Waals surface area contributed by atoms with Gasteiger partial charge in [0.2, 0.25) is 0 Å². The maximum atomic E-state index is 10.6. The topological polar surface area (TPSA) is 37.3 Å². The predicted molar refractivity (Wildman–Crippen MR) is 57.1 cm³/mol. The number of carboxylic acids is 1. The molecular weight excluding hydrogens is 176 g/mol. The predicted octanol–water partition coefficient (Wildman–Crippen LogP) is 3.17. The largest absolute Gasteiger partial charge is 0.481 e. The lowest BCUT2D eigenvalue weighted by atomic mass is 9.71. The van der Waals surface area contributed by atoms with Crippen molar-refractivity contribution in [3.8, 4) is 0 Å². The second-order valence-corrected chi connectivity index (χ2v) is 5.10. The number of carbonyl (C=O) groups is 1. The lowest BCUT2D eigenvalue weighted by molar-refractivity contribution is -0.138. The number of hydrogen-bond acceptors (Lipinski definition) is 1. The Kier molecular flexibility index (Phi) is 3.97. The maximum absolute atomic E-state index is 10.6. The van der Waals surface area contributed by atoms with E-state index in [0.717, 1.165) is 11.8 Å². The molecule has 1 saturated carbocycles. The van der Waals surface area contributed by atoms with Gasteiger partial charge in [0.05, 0.1) is 0 Å². The van der Waals surface area contributed by atoms with E-state index >= 15 is 0 Å². The van der Waals surface area contributed by atoms with Crippen molar-refractivity contribution in [2.45, 2.75) is 46.5 Å². The molecule has 0 aromatic carbocycles. The van der Waals surface area contributed by atoms with E-state index in [9.17, 15) is 4.79 Å². The fourth-order valence-corrected chi connectivity index (χ4v) is 2.55. The minimum Gasteiger partial charge on any atom is -0.481 e. The molecule has 14 heavy (non-hydrogen) atoms. The van der Waals surface area contributed by atoms with Crippen molar-refractivity contribution in [2.75, 3.05) is 0 Å². The van der Waals surface area contributed by atoms with Gasteiger partial charge in [-0.3, -0.25) is 4.79 Å². The van der Waals surface area contributed by atoms with Crippen LogP contribution in [0.25, 0.3) is 0 Å². The van der Waals surface area contributed by atoms with Crippen molar-refractivity contribution in [1.82, 2.24) is 0 Å². The first-order valence-corrected chi connectivity index (χ1v) is 5.72. The van der Waals surface area contributed by atoms with Crippen molar-refractivity contribution in [3.63, 3.8) is 0 Å². The Labute approximate surface area is 86.7 Å². The van der Waals surface area contributed by atoms with Gasteiger partial charge in [-0.2, -0.15) is 0 Å². The molecule has 0 saturated heterocycles. The Morgan fingerprint density at radius 1 is 1.36 bits per heavy atom. The molecule has 1 rings (SSSR count). The van der Waals surface area contributed by atoms with Crippen LogP contribution in [0.2, 0.25) is 0 Å². The molecule has 1 aliphatic rings. The molecule has 4 unspecified atom stereocenters. The molecule has 82 valence electrons. The first-order chi connectivity index (χ1) is 6.50. The summed E-state index contributed by atoms with van der Waals surface area (Å²) in [6, 6.07) is 0. The molecule has 1 aliphatic carbocycles. The van der Waals surface area contributed by atoms with Gasteiger partial charge in [0.1, 0.15) is 0 Å². The summed E-state index contributed by atoms with van der Waals surface area (Å²) in [6.45, 7) is 6.69. The van der Waals surface area contributed by atoms with Crippen LogP contribution in [0.5, 0.6) is 0 Å². The Morgan fingerprint density at radius 2 is 2.00 bits per heavy atom. The summed E-state index contributed by atoms with van der Waals surface area (Å²) >= 11 is 0. The summed E-state index contributed by atoms with van der Waals surface area (Å²) in [7, 11) is 0. The summed E-state index contributed by atoms with van der Waals surface area (Å²) < 4.78 is 0. The van der Waals surface area contributed by atoms with Crippen molar-refractivity contribution in [2.24, 2.45) is 23.7 Å². The molecule has 0 radical (unpaired) electrons. The molecule has 0 aromatic heterocycles. The van der Waals surface area contributed by atoms with Gasteiger partial charge in [0.25, 0.3) is 0 Å². The summed E-state index contributed by atoms with van der Waals surface area (Å²) in [4.78, 5) is 10.6. The average molecular weight is 198 g/mol. The van der Waals surface area contributed by atoms with Gasteiger partial charge in [-0.1, -0.05) is 27.2 Å². The molecule has 0 amide bonds. The van der Waals surface area contributed by atoms with Crippen molar-refractivity contribution >= 4 is 5.97 Å². The molecular formula is C12H22O2. The Bertz CT molecular complexity index is 200. The molecule has 4 atom stereocenters. The van der Waals surface area contributed by atoms with Crippen LogP contribution in [0, 0.1) is 23.7 Å². The molecule has 2 nitrogen and oxygen atoms in total. The van der Waals surface area contributed by atoms with Crippen LogP contribution in [-0.2, 0) is 4.79 Å². The van der Waals surface area contributed by atoms with Crippen LogP contribution < -0.4 is 0 Å². The molecule has 0 aromatic rings. The van der Waals surface area contributed by atoms with Gasteiger partial charge in [-0.15, -0.1) is 0 Å². The van der Waals surface area contributed by atoms with E-state index in [1.807, 2.05) is 0 Å². The van der Waals surface area contributed by atoms with Gasteiger partial charge in [0, 0.05) is 6.42 Å². The van der Waals surface area contributed by atoms with Crippen LogP contribution in [0.15, 0.2) is 0 Å². The van der Waals surface area contributed by atoms with E-state index in [1.54, 1.807) is 0 Å². The van der Waals surface area contributed by atoms with E-state index in [1.165, 1.54) is 19.3 Å². The summed E-state index contributed by atoms with van der Waals surface area (Å²) in [5, 5.41) is 8.73. The van der Waals surface area contributed by atoms with E-state index in [0.29, 0.717) is 18.3 Å². The average Bonchev–Trinajstić information content (AvgIpc) is 2.08. The molecule has 0 spiro atoms. The normalized spacial score (nSPS) is 35.2. The Hall–Kier alpha value is -0.530. The number of hydrogen-bond donors (Lipinski definition) is 1. The van der Waals surface area contributed by atoms with Crippen LogP contribution in [0.4, 0.5) is 0 Å². The highest BCUT2D eigenvalue weighted by atomic mass is 16.4. The lowest BCUT2D eigenvalue weighted by Crippen LogP contribution is -2.26. The van der Waals surface area contributed by atoms with Crippen molar-refractivity contribution in [1.29, 1.82) is 0 Å². The van der Waals surface area contributed by atoms with E-state index in [2.05, 4.69) is 20.8 Å². The number of rotatable bonds is 3. The first kappa shape index (κ1) is 11.5. The van der Waals surface area contributed by atoms with Gasteiger partial charge >= 0.3 is 5.97 Å². The standard InChI is InChI=1S/C12H22O2/c1-8-4-5-11(6-9(8)2)10(3)7-12(13)14/h8-11H,4-7H2,1-3H3,(H,13,14). The Balaban J connectivity index is 2.41. The van der Waals surface area contributed by atoms with E-state index < -0.39 is 5.97 Å². The zero-order valence-corrected chi connectivity index (χ0v) is 9.49. The van der Waals surface area contributed by atoms with Gasteiger partial charge in [0.15, 0.2) is 0 Å². The minimum absolute atomic E-state index is 0.339. The summed E-state index contributed by atoms with van der Waals surface area (Å²) in [5.74, 6) is 1.93. The summed E-state index contributed by atoms with van der Waals surface area (Å²) in [5.41, 5.74) is 0. The van der Waals surface area contributed by atoms with Crippen molar-refractivity contribution in [3.05, 3.63) is 0 Å². The summed E-state index contributed by atoms with van der Waals surface area (Å²) in [6.07, 6.45) is 4.05. The SMILES string of the molecule is CC1CCC(C(C)CC(=O)O)CC1C. The molecule has 1 N–H and O–H groups in total. The molecule has 2 heteroatoms. The van der Waals surface area contributed by atoms with Crippen LogP contribution in [0.3, 0.4) is 0 Å². The van der Waals surface area contributed by atoms with Crippen molar-refractivity contribution < 1.29 is 9.90 Å². The van der Waals surface area contributed by atoms with Crippen LogP contribution in [-0.4, -0.2) is 11.1 Å². The number of aliphatic carboxylic acids is 1. The fraction of sp³-hybridized carbons (Fsp3) is 0.917. The Morgan fingerprint density at radius 3 is 2.50 bits per heavy atom. The third kappa shape index (κ3) is 3.00. The lowest BCUT2D eigenvalue weighted by Gasteiger charge is -2.35. The molecule has 0 bridgehead atoms. The van der Waals surface area contributed by atoms with Gasteiger partial charge in [-0.25, -0.2) is 0 Å². The third-order valence-electron chi connectivity index (χ3n) is 3.94. The highest BCUT2D eigenvalue weighted by Crippen LogP contribution is 2.37. The second-order valence-electron chi connectivity index (χ2n) is 5.10. The third-order valence-corrected chi connectivity index (χ3v) is 3.94. The number of carboxylic acid groups (broad SMARTS) is 1. The highest BCUT2D eigenvalue weighted by molar-refractivity contribution is 5.66. The molecule has 0 aliphatic heterocycles. The fourth-order valence-electron chi connectivity index (χ4n) is 2.55. The van der Waals surface area contributed by atoms with Gasteiger partial charge in [-0.05, 0) is 36.5 Å². The maximum Gasteiger partial charge on any atom is 0.303 e. The smallest absolute Gasteiger partial charge is 0.303 e. The zero-order valence-electron chi connectivity index (χ0n) is 9.49. The van der Waals surface area contributed by atoms with Crippen LogP contribution in [0.1, 0.15) is 46.5 Å². The second kappa shape index (κ2) is 4.81. The molecule has 0 heterocycles. The quantitative estimate of drug-likeness (QED) is 0.756. The molecule has 1 fully saturated rings.